The van der Waals surface area contributed by atoms with Crippen molar-refractivity contribution in [3.63, 3.8) is 0 Å². The number of nitrogens with zero attached hydrogens (tertiary/aromatic N) is 1. The third-order valence-electron chi connectivity index (χ3n) is 4.52. The number of morpholine rings is 1. The lowest BCUT2D eigenvalue weighted by molar-refractivity contribution is 0.0305. The van der Waals surface area contributed by atoms with Crippen molar-refractivity contribution in [1.29, 1.82) is 0 Å². The second-order valence-electron chi connectivity index (χ2n) is 6.46. The first-order chi connectivity index (χ1) is 14.3. The molecule has 1 fully saturated rings. The number of hydrogen-bond donors (Lipinski definition) is 1. The molecule has 1 saturated heterocycles. The first kappa shape index (κ1) is 22.6. The Morgan fingerprint density at radius 1 is 1.23 bits per heavy atom. The quantitative estimate of drug-likeness (QED) is 0.659. The van der Waals surface area contributed by atoms with Gasteiger partial charge >= 0.3 is 5.97 Å². The van der Waals surface area contributed by atoms with Gasteiger partial charge in [0.25, 0.3) is 11.8 Å². The zero-order valence-corrected chi connectivity index (χ0v) is 18.7. The van der Waals surface area contributed by atoms with E-state index >= 15 is 0 Å². The minimum absolute atomic E-state index is 0.164. The SMILES string of the molecule is CCOC(=O)c1c(NC(=O)c2ccc(Cl)cc2Cl)sc(C(=O)N2CCOCC2)c1C. The summed E-state index contributed by atoms with van der Waals surface area (Å²) in [5.74, 6) is -1.34. The highest BCUT2D eigenvalue weighted by atomic mass is 35.5. The van der Waals surface area contributed by atoms with Gasteiger partial charge in [0.15, 0.2) is 0 Å². The summed E-state index contributed by atoms with van der Waals surface area (Å²) in [6.45, 7) is 5.36. The molecule has 0 aliphatic carbocycles. The fourth-order valence-electron chi connectivity index (χ4n) is 3.01. The Bertz CT molecular complexity index is 986. The van der Waals surface area contributed by atoms with Gasteiger partial charge in [-0.1, -0.05) is 23.2 Å². The molecule has 1 aromatic heterocycles. The van der Waals surface area contributed by atoms with E-state index in [1.54, 1.807) is 24.8 Å². The Morgan fingerprint density at radius 2 is 1.93 bits per heavy atom. The van der Waals surface area contributed by atoms with Gasteiger partial charge < -0.3 is 19.7 Å². The molecule has 2 aromatic rings. The number of hydrogen-bond acceptors (Lipinski definition) is 6. The predicted octanol–water partition coefficient (Wildman–Crippen LogP) is 4.26. The van der Waals surface area contributed by atoms with Crippen molar-refractivity contribution in [2.45, 2.75) is 13.8 Å². The molecule has 1 aliphatic rings. The zero-order chi connectivity index (χ0) is 21.8. The highest BCUT2D eigenvalue weighted by Gasteiger charge is 2.30. The van der Waals surface area contributed by atoms with Crippen molar-refractivity contribution in [2.24, 2.45) is 0 Å². The molecule has 160 valence electrons. The van der Waals surface area contributed by atoms with Crippen LogP contribution in [0.15, 0.2) is 18.2 Å². The van der Waals surface area contributed by atoms with Gasteiger partial charge in [0.1, 0.15) is 5.00 Å². The number of rotatable bonds is 5. The number of nitrogens with one attached hydrogen (secondary N) is 1. The van der Waals surface area contributed by atoms with Crippen LogP contribution in [-0.4, -0.2) is 55.6 Å². The lowest BCUT2D eigenvalue weighted by atomic mass is 10.1. The van der Waals surface area contributed by atoms with Gasteiger partial charge in [-0.2, -0.15) is 0 Å². The largest absolute Gasteiger partial charge is 0.462 e. The van der Waals surface area contributed by atoms with Crippen molar-refractivity contribution in [2.75, 3.05) is 38.2 Å². The molecule has 2 heterocycles. The molecule has 2 amide bonds. The Morgan fingerprint density at radius 3 is 2.57 bits per heavy atom. The van der Waals surface area contributed by atoms with Crippen LogP contribution in [0.2, 0.25) is 10.0 Å². The third-order valence-corrected chi connectivity index (χ3v) is 6.26. The molecule has 0 spiro atoms. The summed E-state index contributed by atoms with van der Waals surface area (Å²) < 4.78 is 10.4. The van der Waals surface area contributed by atoms with Gasteiger partial charge in [0, 0.05) is 18.1 Å². The maximum absolute atomic E-state index is 13.0. The smallest absolute Gasteiger partial charge is 0.341 e. The summed E-state index contributed by atoms with van der Waals surface area (Å²) in [5.41, 5.74) is 0.826. The average Bonchev–Trinajstić information content (AvgIpc) is 3.04. The molecular formula is C20H20Cl2N2O5S. The minimum atomic E-state index is -0.607. The molecule has 0 atom stereocenters. The highest BCUT2D eigenvalue weighted by molar-refractivity contribution is 7.18. The predicted molar refractivity (Wildman–Crippen MR) is 116 cm³/mol. The van der Waals surface area contributed by atoms with Gasteiger partial charge in [-0.25, -0.2) is 4.79 Å². The highest BCUT2D eigenvalue weighted by Crippen LogP contribution is 2.35. The number of thiophene rings is 1. The van der Waals surface area contributed by atoms with Gasteiger partial charge in [0.2, 0.25) is 0 Å². The van der Waals surface area contributed by atoms with Crippen molar-refractivity contribution >= 4 is 57.3 Å². The molecule has 0 radical (unpaired) electrons. The number of halogens is 2. The van der Waals surface area contributed by atoms with Gasteiger partial charge in [-0.3, -0.25) is 9.59 Å². The summed E-state index contributed by atoms with van der Waals surface area (Å²) in [6.07, 6.45) is 0. The van der Waals surface area contributed by atoms with Crippen LogP contribution in [0, 0.1) is 6.92 Å². The topological polar surface area (TPSA) is 84.9 Å². The normalized spacial score (nSPS) is 13.8. The van der Waals surface area contributed by atoms with Crippen LogP contribution in [0.5, 0.6) is 0 Å². The number of amides is 2. The maximum Gasteiger partial charge on any atom is 0.341 e. The van der Waals surface area contributed by atoms with Crippen molar-refractivity contribution in [1.82, 2.24) is 4.90 Å². The minimum Gasteiger partial charge on any atom is -0.462 e. The summed E-state index contributed by atoms with van der Waals surface area (Å²) in [4.78, 5) is 40.4. The van der Waals surface area contributed by atoms with Crippen LogP contribution in [0.3, 0.4) is 0 Å². The van der Waals surface area contributed by atoms with E-state index in [1.807, 2.05) is 0 Å². The molecule has 7 nitrogen and oxygen atoms in total. The summed E-state index contributed by atoms with van der Waals surface area (Å²) >= 11 is 13.1. The second-order valence-corrected chi connectivity index (χ2v) is 8.33. The molecule has 1 aliphatic heterocycles. The fourth-order valence-corrected chi connectivity index (χ4v) is 4.66. The summed E-state index contributed by atoms with van der Waals surface area (Å²) in [6, 6.07) is 4.49. The van der Waals surface area contributed by atoms with Crippen molar-refractivity contribution in [3.05, 3.63) is 49.8 Å². The van der Waals surface area contributed by atoms with Crippen LogP contribution in [0.1, 0.15) is 42.9 Å². The van der Waals surface area contributed by atoms with E-state index in [0.29, 0.717) is 41.8 Å². The molecule has 30 heavy (non-hydrogen) atoms. The van der Waals surface area contributed by atoms with E-state index in [2.05, 4.69) is 5.32 Å². The van der Waals surface area contributed by atoms with E-state index in [9.17, 15) is 14.4 Å². The Hall–Kier alpha value is -2.13. The first-order valence-corrected chi connectivity index (χ1v) is 10.8. The van der Waals surface area contributed by atoms with E-state index in [0.717, 1.165) is 11.3 Å². The number of carbonyl (C=O) groups excluding carboxylic acids is 3. The molecule has 1 aromatic carbocycles. The van der Waals surface area contributed by atoms with E-state index < -0.39 is 11.9 Å². The standard InChI is InChI=1S/C20H20Cl2N2O5S/c1-3-29-20(27)15-11(2)16(19(26)24-6-8-28-9-7-24)30-18(15)23-17(25)13-5-4-12(21)10-14(13)22/h4-5,10H,3,6-9H2,1-2H3,(H,23,25). The van der Waals surface area contributed by atoms with Crippen LogP contribution < -0.4 is 5.32 Å². The maximum atomic E-state index is 13.0. The van der Waals surface area contributed by atoms with Crippen LogP contribution in [0.25, 0.3) is 0 Å². The third kappa shape index (κ3) is 4.78. The molecule has 1 N–H and O–H groups in total. The number of anilines is 1. The van der Waals surface area contributed by atoms with E-state index in [4.69, 9.17) is 32.7 Å². The zero-order valence-electron chi connectivity index (χ0n) is 16.4. The van der Waals surface area contributed by atoms with Crippen LogP contribution >= 0.6 is 34.5 Å². The molecule has 10 heteroatoms. The first-order valence-electron chi connectivity index (χ1n) is 9.27. The molecular weight excluding hydrogens is 451 g/mol. The van der Waals surface area contributed by atoms with Gasteiger partial charge in [-0.15, -0.1) is 11.3 Å². The van der Waals surface area contributed by atoms with E-state index in [1.165, 1.54) is 12.1 Å². The molecule has 0 bridgehead atoms. The molecule has 0 unspecified atom stereocenters. The number of esters is 1. The Labute approximate surface area is 187 Å². The molecule has 0 saturated carbocycles. The Kier molecular flexibility index (Phi) is 7.36. The molecule has 3 rings (SSSR count). The Balaban J connectivity index is 1.96. The monoisotopic (exact) mass is 470 g/mol. The summed E-state index contributed by atoms with van der Waals surface area (Å²) in [7, 11) is 0. The van der Waals surface area contributed by atoms with Crippen molar-refractivity contribution < 1.29 is 23.9 Å². The van der Waals surface area contributed by atoms with Crippen molar-refractivity contribution in [3.8, 4) is 0 Å². The fraction of sp³-hybridized carbons (Fsp3) is 0.350. The lowest BCUT2D eigenvalue weighted by Gasteiger charge is -2.26. The second kappa shape index (κ2) is 9.78. The number of carbonyl (C=O) groups is 3. The van der Waals surface area contributed by atoms with Gasteiger partial charge in [0.05, 0.1) is 40.8 Å². The number of benzene rings is 1. The van der Waals surface area contributed by atoms with Crippen LogP contribution in [0.4, 0.5) is 5.00 Å². The van der Waals surface area contributed by atoms with E-state index in [-0.39, 0.29) is 33.7 Å². The van der Waals surface area contributed by atoms with Crippen LogP contribution in [-0.2, 0) is 9.47 Å². The number of ether oxygens (including phenoxy) is 2. The average molecular weight is 471 g/mol. The van der Waals surface area contributed by atoms with Gasteiger partial charge in [-0.05, 0) is 37.6 Å². The summed E-state index contributed by atoms with van der Waals surface area (Å²) in [5, 5.41) is 3.51. The lowest BCUT2D eigenvalue weighted by Crippen LogP contribution is -2.40.